The molecule has 0 radical (unpaired) electrons. The van der Waals surface area contributed by atoms with E-state index in [9.17, 15) is 4.79 Å². The maximum Gasteiger partial charge on any atom is 0.176 e. The van der Waals surface area contributed by atoms with E-state index in [1.165, 1.54) is 0 Å². The lowest BCUT2D eigenvalue weighted by Gasteiger charge is -2.06. The van der Waals surface area contributed by atoms with Crippen LogP contribution in [-0.4, -0.2) is 35.3 Å². The third-order valence-electron chi connectivity index (χ3n) is 1.90. The third-order valence-corrected chi connectivity index (χ3v) is 1.90. The van der Waals surface area contributed by atoms with Crippen LogP contribution in [0.1, 0.15) is 17.4 Å². The Hall–Kier alpha value is -1.13. The maximum atomic E-state index is 11.1. The topological polar surface area (TPSA) is 51.5 Å². The van der Waals surface area contributed by atoms with Crippen LogP contribution in [0.15, 0.2) is 18.3 Å². The fraction of sp³-hybridized carbons (Fsp3) is 0.500. The lowest BCUT2D eigenvalue weighted by molar-refractivity contribution is 0.0856. The average Bonchev–Trinajstić information content (AvgIpc) is 2.60. The van der Waals surface area contributed by atoms with Crippen molar-refractivity contribution in [3.8, 4) is 0 Å². The Morgan fingerprint density at radius 2 is 2.36 bits per heavy atom. The van der Waals surface area contributed by atoms with E-state index in [1.54, 1.807) is 13.0 Å². The summed E-state index contributed by atoms with van der Waals surface area (Å²) >= 11 is 0. The Morgan fingerprint density at radius 1 is 1.57 bits per heavy atom. The Balaban J connectivity index is 2.42. The number of carbonyl (C=O) groups is 1. The Morgan fingerprint density at radius 3 is 3.00 bits per heavy atom. The molecule has 0 aliphatic heterocycles. The lowest BCUT2D eigenvalue weighted by Crippen LogP contribution is -2.11. The number of hydrogen-bond donors (Lipinski definition) is 1. The van der Waals surface area contributed by atoms with Crippen molar-refractivity contribution >= 4 is 5.78 Å². The number of aliphatic hydroxyl groups excluding tert-OH is 1. The van der Waals surface area contributed by atoms with Gasteiger partial charge in [0.15, 0.2) is 5.78 Å². The van der Waals surface area contributed by atoms with Gasteiger partial charge in [0.1, 0.15) is 0 Å². The second-order valence-electron chi connectivity index (χ2n) is 2.98. The Bertz CT molecular complexity index is 293. The highest BCUT2D eigenvalue weighted by Gasteiger charge is 2.04. The van der Waals surface area contributed by atoms with E-state index in [-0.39, 0.29) is 12.4 Å². The fourth-order valence-corrected chi connectivity index (χ4v) is 1.26. The molecule has 4 heteroatoms. The Labute approximate surface area is 83.1 Å². The number of hydrogen-bond acceptors (Lipinski definition) is 3. The van der Waals surface area contributed by atoms with Crippen molar-refractivity contribution in [3.63, 3.8) is 0 Å². The molecular weight excluding hydrogens is 182 g/mol. The normalized spacial score (nSPS) is 10.4. The van der Waals surface area contributed by atoms with Crippen LogP contribution in [0.4, 0.5) is 0 Å². The summed E-state index contributed by atoms with van der Waals surface area (Å²) < 4.78 is 6.96. The van der Waals surface area contributed by atoms with Gasteiger partial charge in [-0.25, -0.2) is 0 Å². The summed E-state index contributed by atoms with van der Waals surface area (Å²) in [5.74, 6) is 0.0529. The number of aliphatic hydroxyl groups is 1. The molecule has 78 valence electrons. The van der Waals surface area contributed by atoms with Crippen LogP contribution in [0.2, 0.25) is 0 Å². The molecule has 0 atom stereocenters. The van der Waals surface area contributed by atoms with Crippen molar-refractivity contribution in [2.75, 3.05) is 19.8 Å². The van der Waals surface area contributed by atoms with E-state index in [4.69, 9.17) is 9.84 Å². The standard InChI is InChI=1S/C10H15NO3/c1-9(13)10-3-2-4-11(10)5-7-14-8-6-12/h2-4,12H,5-8H2,1H3. The molecule has 0 aliphatic rings. The smallest absolute Gasteiger partial charge is 0.176 e. The number of nitrogens with zero attached hydrogens (tertiary/aromatic N) is 1. The number of carbonyl (C=O) groups excluding carboxylic acids is 1. The number of aromatic nitrogens is 1. The minimum atomic E-state index is 0.0330. The molecule has 1 heterocycles. The van der Waals surface area contributed by atoms with E-state index in [0.717, 1.165) is 0 Å². The predicted molar refractivity (Wildman–Crippen MR) is 52.3 cm³/mol. The van der Waals surface area contributed by atoms with E-state index >= 15 is 0 Å². The fourth-order valence-electron chi connectivity index (χ4n) is 1.26. The van der Waals surface area contributed by atoms with Crippen LogP contribution < -0.4 is 0 Å². The highest BCUT2D eigenvalue weighted by atomic mass is 16.5. The summed E-state index contributed by atoms with van der Waals surface area (Å²) in [6, 6.07) is 3.62. The molecule has 0 unspecified atom stereocenters. The summed E-state index contributed by atoms with van der Waals surface area (Å²) in [6.45, 7) is 3.07. The number of Topliss-reactive ketones (excluding diaryl/α,β-unsaturated/α-hetero) is 1. The van der Waals surface area contributed by atoms with Crippen LogP contribution in [-0.2, 0) is 11.3 Å². The van der Waals surface area contributed by atoms with Gasteiger partial charge in [0.05, 0.1) is 25.5 Å². The monoisotopic (exact) mass is 197 g/mol. The minimum absolute atomic E-state index is 0.0330. The molecule has 1 rings (SSSR count). The largest absolute Gasteiger partial charge is 0.394 e. The molecular formula is C10H15NO3. The molecule has 0 aromatic carbocycles. The van der Waals surface area contributed by atoms with Crippen LogP contribution in [0.25, 0.3) is 0 Å². The molecule has 14 heavy (non-hydrogen) atoms. The van der Waals surface area contributed by atoms with Gasteiger partial charge in [-0.3, -0.25) is 4.79 Å². The summed E-state index contributed by atoms with van der Waals surface area (Å²) in [5.41, 5.74) is 0.692. The van der Waals surface area contributed by atoms with Crippen molar-refractivity contribution in [2.24, 2.45) is 0 Å². The van der Waals surface area contributed by atoms with Crippen LogP contribution in [0.5, 0.6) is 0 Å². The highest BCUT2D eigenvalue weighted by Crippen LogP contribution is 2.02. The number of ketones is 1. The van der Waals surface area contributed by atoms with E-state index < -0.39 is 0 Å². The van der Waals surface area contributed by atoms with E-state index in [0.29, 0.717) is 25.5 Å². The molecule has 1 N–H and O–H groups in total. The van der Waals surface area contributed by atoms with Gasteiger partial charge in [-0.1, -0.05) is 0 Å². The average molecular weight is 197 g/mol. The van der Waals surface area contributed by atoms with Crippen LogP contribution in [0.3, 0.4) is 0 Å². The van der Waals surface area contributed by atoms with Gasteiger partial charge < -0.3 is 14.4 Å². The van der Waals surface area contributed by atoms with Gasteiger partial charge in [-0.2, -0.15) is 0 Å². The first kappa shape index (κ1) is 10.9. The summed E-state index contributed by atoms with van der Waals surface area (Å²) in [5, 5.41) is 8.48. The second kappa shape index (κ2) is 5.57. The SMILES string of the molecule is CC(=O)c1cccn1CCOCCO. The molecule has 0 fully saturated rings. The molecule has 0 spiro atoms. The van der Waals surface area contributed by atoms with Gasteiger partial charge in [-0.15, -0.1) is 0 Å². The van der Waals surface area contributed by atoms with Crippen molar-refractivity contribution in [1.29, 1.82) is 0 Å². The zero-order chi connectivity index (χ0) is 10.4. The maximum absolute atomic E-state index is 11.1. The summed E-state index contributed by atoms with van der Waals surface area (Å²) in [4.78, 5) is 11.1. The molecule has 0 aliphatic carbocycles. The molecule has 1 aromatic rings. The number of rotatable bonds is 6. The molecule has 0 bridgehead atoms. The summed E-state index contributed by atoms with van der Waals surface area (Å²) in [6.07, 6.45) is 1.85. The molecule has 1 aromatic heterocycles. The minimum Gasteiger partial charge on any atom is -0.394 e. The van der Waals surface area contributed by atoms with Crippen molar-refractivity contribution < 1.29 is 14.6 Å². The highest BCUT2D eigenvalue weighted by molar-refractivity contribution is 5.92. The third kappa shape index (κ3) is 2.97. The van der Waals surface area contributed by atoms with Crippen LogP contribution in [0, 0.1) is 0 Å². The zero-order valence-corrected chi connectivity index (χ0v) is 8.27. The second-order valence-corrected chi connectivity index (χ2v) is 2.98. The van der Waals surface area contributed by atoms with Crippen molar-refractivity contribution in [2.45, 2.75) is 13.5 Å². The summed E-state index contributed by atoms with van der Waals surface area (Å²) in [7, 11) is 0. The predicted octanol–water partition coefficient (Wildman–Crippen LogP) is 0.700. The first-order chi connectivity index (χ1) is 6.75. The number of ether oxygens (including phenoxy) is 1. The first-order valence-electron chi connectivity index (χ1n) is 4.60. The van der Waals surface area contributed by atoms with E-state index in [2.05, 4.69) is 0 Å². The van der Waals surface area contributed by atoms with E-state index in [1.807, 2.05) is 16.8 Å². The molecule has 0 saturated heterocycles. The molecule has 0 amide bonds. The van der Waals surface area contributed by atoms with Crippen molar-refractivity contribution in [3.05, 3.63) is 24.0 Å². The van der Waals surface area contributed by atoms with Gasteiger partial charge in [0.25, 0.3) is 0 Å². The van der Waals surface area contributed by atoms with Gasteiger partial charge >= 0.3 is 0 Å². The molecule has 0 saturated carbocycles. The van der Waals surface area contributed by atoms with Crippen molar-refractivity contribution in [1.82, 2.24) is 4.57 Å². The quantitative estimate of drug-likeness (QED) is 0.539. The van der Waals surface area contributed by atoms with Gasteiger partial charge in [0, 0.05) is 19.7 Å². The zero-order valence-electron chi connectivity index (χ0n) is 8.27. The lowest BCUT2D eigenvalue weighted by atomic mass is 10.3. The van der Waals surface area contributed by atoms with Gasteiger partial charge in [0.2, 0.25) is 0 Å². The molecule has 4 nitrogen and oxygen atoms in total. The first-order valence-corrected chi connectivity index (χ1v) is 4.60. The van der Waals surface area contributed by atoms with Gasteiger partial charge in [-0.05, 0) is 12.1 Å². The van der Waals surface area contributed by atoms with Crippen LogP contribution >= 0.6 is 0 Å². The Kier molecular flexibility index (Phi) is 4.35.